The molecule has 2 N–H and O–H groups in total. The van der Waals surface area contributed by atoms with Crippen molar-refractivity contribution in [2.24, 2.45) is 0 Å². The van der Waals surface area contributed by atoms with Crippen LogP contribution in [0.1, 0.15) is 54.3 Å². The van der Waals surface area contributed by atoms with Crippen molar-refractivity contribution in [3.63, 3.8) is 0 Å². The van der Waals surface area contributed by atoms with Gasteiger partial charge in [-0.25, -0.2) is 4.39 Å². The number of aliphatic carboxylic acids is 1. The molecule has 37 heavy (non-hydrogen) atoms. The standard InChI is InChI=1S/C30H27FN2O4/c1-18-10-12-19(13-11-18)20-16-24-29(26(34)17-20)30(21-6-2-3-7-22(21)31)33(27(35)14-15-28(36)37)25-9-5-4-8-23(25)32-24/h2-13,20,30,32H,14-17H2,1H3,(H,36,37)/t20-,30+/m0/s1. The van der Waals surface area contributed by atoms with Crippen LogP contribution < -0.4 is 10.2 Å². The van der Waals surface area contributed by atoms with Crippen molar-refractivity contribution < 1.29 is 23.9 Å². The molecule has 0 radical (unpaired) electrons. The van der Waals surface area contributed by atoms with Crippen LogP contribution in [0.25, 0.3) is 0 Å². The Bertz CT molecular complexity index is 1410. The molecule has 0 aromatic heterocycles. The topological polar surface area (TPSA) is 86.7 Å². The number of rotatable bonds is 5. The molecule has 3 aromatic rings. The summed E-state index contributed by atoms with van der Waals surface area (Å²) in [5.74, 6) is -2.37. The molecule has 1 aliphatic heterocycles. The summed E-state index contributed by atoms with van der Waals surface area (Å²) in [5.41, 5.74) is 4.43. The molecule has 1 amide bonds. The van der Waals surface area contributed by atoms with Gasteiger partial charge in [-0.05, 0) is 43.0 Å². The molecule has 1 heterocycles. The summed E-state index contributed by atoms with van der Waals surface area (Å²) >= 11 is 0. The molecule has 0 fully saturated rings. The van der Waals surface area contributed by atoms with Crippen LogP contribution in [0.15, 0.2) is 84.1 Å². The van der Waals surface area contributed by atoms with E-state index in [0.717, 1.165) is 11.1 Å². The number of hydrogen-bond acceptors (Lipinski definition) is 4. The van der Waals surface area contributed by atoms with E-state index in [9.17, 15) is 19.5 Å². The van der Waals surface area contributed by atoms with E-state index in [2.05, 4.69) is 5.32 Å². The summed E-state index contributed by atoms with van der Waals surface area (Å²) in [7, 11) is 0. The second-order valence-electron chi connectivity index (χ2n) is 9.55. The first-order valence-electron chi connectivity index (χ1n) is 12.3. The summed E-state index contributed by atoms with van der Waals surface area (Å²) in [5, 5.41) is 12.6. The van der Waals surface area contributed by atoms with Gasteiger partial charge in [0.15, 0.2) is 5.78 Å². The Morgan fingerprint density at radius 1 is 0.973 bits per heavy atom. The second-order valence-corrected chi connectivity index (χ2v) is 9.55. The third kappa shape index (κ3) is 4.77. The number of carbonyl (C=O) groups is 3. The fraction of sp³-hybridized carbons (Fsp3) is 0.233. The summed E-state index contributed by atoms with van der Waals surface area (Å²) < 4.78 is 15.3. The maximum Gasteiger partial charge on any atom is 0.303 e. The monoisotopic (exact) mass is 498 g/mol. The number of carboxylic acids is 1. The lowest BCUT2D eigenvalue weighted by Crippen LogP contribution is -2.39. The van der Waals surface area contributed by atoms with Gasteiger partial charge in [-0.3, -0.25) is 19.3 Å². The van der Waals surface area contributed by atoms with Crippen molar-refractivity contribution >= 4 is 29.0 Å². The maximum absolute atomic E-state index is 15.3. The number of carboxylic acid groups (broad SMARTS) is 1. The van der Waals surface area contributed by atoms with Crippen LogP contribution in [0.5, 0.6) is 0 Å². The number of halogens is 1. The van der Waals surface area contributed by atoms with E-state index in [0.29, 0.717) is 29.1 Å². The Hall–Kier alpha value is -4.26. The fourth-order valence-corrected chi connectivity index (χ4v) is 5.27. The van der Waals surface area contributed by atoms with E-state index in [1.165, 1.54) is 11.0 Å². The second kappa shape index (κ2) is 10.0. The number of fused-ring (bicyclic) bond motifs is 1. The van der Waals surface area contributed by atoms with Gasteiger partial charge >= 0.3 is 5.97 Å². The largest absolute Gasteiger partial charge is 0.481 e. The Kier molecular flexibility index (Phi) is 6.61. The SMILES string of the molecule is Cc1ccc([C@@H]2CC(=O)C3=C(C2)Nc2ccccc2N(C(=O)CCC(=O)O)[C@@H]3c2ccccc2F)cc1. The molecule has 6 nitrogen and oxygen atoms in total. The Morgan fingerprint density at radius 3 is 2.41 bits per heavy atom. The van der Waals surface area contributed by atoms with E-state index >= 15 is 4.39 Å². The Labute approximate surface area is 214 Å². The van der Waals surface area contributed by atoms with E-state index in [1.807, 2.05) is 37.3 Å². The lowest BCUT2D eigenvalue weighted by Gasteiger charge is -2.35. The number of nitrogens with one attached hydrogen (secondary N) is 1. The van der Waals surface area contributed by atoms with Gasteiger partial charge in [0.1, 0.15) is 5.82 Å². The summed E-state index contributed by atoms with van der Waals surface area (Å²) in [6, 6.07) is 20.3. The smallest absolute Gasteiger partial charge is 0.303 e. The normalized spacial score (nSPS) is 19.0. The van der Waals surface area contributed by atoms with Crippen LogP contribution >= 0.6 is 0 Å². The molecule has 1 aliphatic carbocycles. The minimum absolute atomic E-state index is 0.0676. The van der Waals surface area contributed by atoms with Crippen molar-refractivity contribution in [3.05, 3.63) is 107 Å². The number of anilines is 2. The van der Waals surface area contributed by atoms with Crippen molar-refractivity contribution in [1.29, 1.82) is 0 Å². The molecule has 0 spiro atoms. The molecule has 5 rings (SSSR count). The number of Topliss-reactive ketones (excluding diaryl/α,β-unsaturated/α-hetero) is 1. The lowest BCUT2D eigenvalue weighted by atomic mass is 9.78. The molecule has 0 saturated heterocycles. The van der Waals surface area contributed by atoms with E-state index < -0.39 is 23.7 Å². The fourth-order valence-electron chi connectivity index (χ4n) is 5.27. The average molecular weight is 499 g/mol. The van der Waals surface area contributed by atoms with Crippen molar-refractivity contribution in [2.45, 2.75) is 44.6 Å². The number of ketones is 1. The minimum atomic E-state index is -1.10. The quantitative estimate of drug-likeness (QED) is 0.457. The number of aryl methyl sites for hydroxylation is 1. The van der Waals surface area contributed by atoms with Gasteiger partial charge in [0.25, 0.3) is 0 Å². The molecular weight excluding hydrogens is 471 g/mol. The van der Waals surface area contributed by atoms with Crippen LogP contribution in [0.4, 0.5) is 15.8 Å². The predicted octanol–water partition coefficient (Wildman–Crippen LogP) is 5.90. The first-order valence-corrected chi connectivity index (χ1v) is 12.3. The van der Waals surface area contributed by atoms with Gasteiger partial charge in [0.2, 0.25) is 5.91 Å². The zero-order chi connectivity index (χ0) is 26.1. The maximum atomic E-state index is 15.3. The zero-order valence-corrected chi connectivity index (χ0v) is 20.4. The number of benzene rings is 3. The van der Waals surface area contributed by atoms with E-state index in [1.54, 1.807) is 36.4 Å². The van der Waals surface area contributed by atoms with Crippen LogP contribution in [-0.4, -0.2) is 22.8 Å². The number of nitrogens with zero attached hydrogens (tertiary/aromatic N) is 1. The van der Waals surface area contributed by atoms with Crippen molar-refractivity contribution in [2.75, 3.05) is 10.2 Å². The molecule has 0 saturated carbocycles. The van der Waals surface area contributed by atoms with Gasteiger partial charge in [-0.1, -0.05) is 60.2 Å². The van der Waals surface area contributed by atoms with Crippen LogP contribution in [0.2, 0.25) is 0 Å². The van der Waals surface area contributed by atoms with Gasteiger partial charge in [-0.15, -0.1) is 0 Å². The van der Waals surface area contributed by atoms with Gasteiger partial charge < -0.3 is 10.4 Å². The number of allylic oxidation sites excluding steroid dienone is 1. The molecule has 2 aliphatic rings. The highest BCUT2D eigenvalue weighted by atomic mass is 19.1. The average Bonchev–Trinajstić information content (AvgIpc) is 3.02. The highest BCUT2D eigenvalue weighted by Gasteiger charge is 2.42. The summed E-state index contributed by atoms with van der Waals surface area (Å²) in [6.07, 6.45) is 0.0876. The molecular formula is C30H27FN2O4. The molecule has 2 atom stereocenters. The summed E-state index contributed by atoms with van der Waals surface area (Å²) in [4.78, 5) is 40.1. The minimum Gasteiger partial charge on any atom is -0.481 e. The number of amides is 1. The van der Waals surface area contributed by atoms with Gasteiger partial charge in [0.05, 0.1) is 23.8 Å². The molecule has 7 heteroatoms. The summed E-state index contributed by atoms with van der Waals surface area (Å²) in [6.45, 7) is 2.01. The van der Waals surface area contributed by atoms with E-state index in [-0.39, 0.29) is 36.5 Å². The number of hydrogen-bond donors (Lipinski definition) is 2. The van der Waals surface area contributed by atoms with Crippen molar-refractivity contribution in [1.82, 2.24) is 0 Å². The van der Waals surface area contributed by atoms with Gasteiger partial charge in [-0.2, -0.15) is 0 Å². The first-order chi connectivity index (χ1) is 17.8. The third-order valence-corrected chi connectivity index (χ3v) is 7.06. The third-order valence-electron chi connectivity index (χ3n) is 7.06. The molecule has 0 bridgehead atoms. The van der Waals surface area contributed by atoms with Gasteiger partial charge in [0, 0.05) is 29.7 Å². The molecule has 3 aromatic carbocycles. The lowest BCUT2D eigenvalue weighted by molar-refractivity contribution is -0.138. The van der Waals surface area contributed by atoms with Crippen LogP contribution in [-0.2, 0) is 14.4 Å². The Morgan fingerprint density at radius 2 is 1.68 bits per heavy atom. The molecule has 0 unspecified atom stereocenters. The zero-order valence-electron chi connectivity index (χ0n) is 20.4. The molecule has 188 valence electrons. The van der Waals surface area contributed by atoms with E-state index in [4.69, 9.17) is 0 Å². The highest BCUT2D eigenvalue weighted by molar-refractivity contribution is 6.06. The number of carbonyl (C=O) groups excluding carboxylic acids is 2. The Balaban J connectivity index is 1.69. The number of para-hydroxylation sites is 2. The van der Waals surface area contributed by atoms with Crippen molar-refractivity contribution in [3.8, 4) is 0 Å². The predicted molar refractivity (Wildman–Crippen MR) is 139 cm³/mol. The van der Waals surface area contributed by atoms with Crippen LogP contribution in [0, 0.1) is 12.7 Å². The highest BCUT2D eigenvalue weighted by Crippen LogP contribution is 2.48. The van der Waals surface area contributed by atoms with Crippen LogP contribution in [0.3, 0.4) is 0 Å². The first kappa shape index (κ1) is 24.4.